The highest BCUT2D eigenvalue weighted by Gasteiger charge is 2.33. The molecule has 0 spiro atoms. The summed E-state index contributed by atoms with van der Waals surface area (Å²) in [5.74, 6) is -1.02. The number of piperidine rings is 1. The van der Waals surface area contributed by atoms with E-state index in [1.165, 1.54) is 12.1 Å². The molecule has 0 radical (unpaired) electrons. The number of nitrogens with two attached hydrogens (primary N) is 1. The standard InChI is InChI=1S/C20H25ClN4O4S/c21-25(18(12-22)20(27)17-7-3-4-10-23-17)19(26)13-24-30(28,29)16-9-8-14-5-1-2-6-15(14)11-16/h1-2,5-6,8-9,11,17-18,23-24H,3-4,7,10,12-13,22H2. The van der Waals surface area contributed by atoms with Crippen molar-refractivity contribution in [2.24, 2.45) is 5.73 Å². The zero-order valence-corrected chi connectivity index (χ0v) is 18.0. The fourth-order valence-electron chi connectivity index (χ4n) is 3.47. The van der Waals surface area contributed by atoms with E-state index in [2.05, 4.69) is 10.0 Å². The Bertz CT molecular complexity index is 1020. The van der Waals surface area contributed by atoms with Crippen molar-refractivity contribution in [2.45, 2.75) is 36.2 Å². The molecule has 0 aliphatic carbocycles. The summed E-state index contributed by atoms with van der Waals surface area (Å²) in [5.41, 5.74) is 5.68. The van der Waals surface area contributed by atoms with E-state index in [0.717, 1.165) is 30.2 Å². The lowest BCUT2D eigenvalue weighted by Crippen LogP contribution is -2.54. The van der Waals surface area contributed by atoms with E-state index in [-0.39, 0.29) is 17.2 Å². The largest absolute Gasteiger partial charge is 0.328 e. The highest BCUT2D eigenvalue weighted by atomic mass is 35.5. The number of carbonyl (C=O) groups is 2. The Hall–Kier alpha value is -2.04. The van der Waals surface area contributed by atoms with Crippen LogP contribution < -0.4 is 15.8 Å². The zero-order valence-electron chi connectivity index (χ0n) is 16.4. The van der Waals surface area contributed by atoms with Crippen molar-refractivity contribution >= 4 is 44.3 Å². The average Bonchev–Trinajstić information content (AvgIpc) is 2.78. The number of sulfonamides is 1. The molecule has 0 aromatic heterocycles. The third-order valence-corrected chi connectivity index (χ3v) is 6.99. The number of nitrogens with zero attached hydrogens (tertiary/aromatic N) is 1. The summed E-state index contributed by atoms with van der Waals surface area (Å²) >= 11 is 6.08. The van der Waals surface area contributed by atoms with Crippen LogP contribution in [0.25, 0.3) is 10.8 Å². The van der Waals surface area contributed by atoms with Gasteiger partial charge >= 0.3 is 0 Å². The number of nitrogens with one attached hydrogen (secondary N) is 2. The molecule has 0 saturated carbocycles. The smallest absolute Gasteiger partial charge is 0.252 e. The van der Waals surface area contributed by atoms with Crippen LogP contribution in [0.15, 0.2) is 47.4 Å². The van der Waals surface area contributed by atoms with E-state index in [9.17, 15) is 18.0 Å². The minimum atomic E-state index is -3.94. The van der Waals surface area contributed by atoms with Crippen LogP contribution in [0.4, 0.5) is 0 Å². The van der Waals surface area contributed by atoms with Crippen LogP contribution in [0.3, 0.4) is 0 Å². The van der Waals surface area contributed by atoms with Gasteiger partial charge in [0.1, 0.15) is 6.04 Å². The van der Waals surface area contributed by atoms with Gasteiger partial charge in [-0.05, 0) is 42.3 Å². The number of hydrogen-bond donors (Lipinski definition) is 3. The highest BCUT2D eigenvalue weighted by Crippen LogP contribution is 2.19. The zero-order chi connectivity index (χ0) is 21.7. The number of amides is 1. The summed E-state index contributed by atoms with van der Waals surface area (Å²) < 4.78 is 28.2. The summed E-state index contributed by atoms with van der Waals surface area (Å²) in [5, 5.41) is 4.77. The number of benzene rings is 2. The van der Waals surface area contributed by atoms with Gasteiger partial charge in [-0.15, -0.1) is 0 Å². The third kappa shape index (κ3) is 5.16. The molecule has 1 aliphatic rings. The molecule has 1 saturated heterocycles. The van der Waals surface area contributed by atoms with Gasteiger partial charge in [0.25, 0.3) is 5.91 Å². The lowest BCUT2D eigenvalue weighted by molar-refractivity contribution is -0.134. The molecule has 1 heterocycles. The maximum absolute atomic E-state index is 12.7. The fraction of sp³-hybridized carbons (Fsp3) is 0.400. The Kier molecular flexibility index (Phi) is 7.43. The van der Waals surface area contributed by atoms with Gasteiger partial charge < -0.3 is 11.1 Å². The van der Waals surface area contributed by atoms with Gasteiger partial charge in [0, 0.05) is 18.3 Å². The summed E-state index contributed by atoms with van der Waals surface area (Å²) in [6.45, 7) is -0.0142. The van der Waals surface area contributed by atoms with Crippen LogP contribution >= 0.6 is 11.8 Å². The molecule has 8 nitrogen and oxygen atoms in total. The second-order valence-electron chi connectivity index (χ2n) is 7.19. The molecule has 2 aromatic carbocycles. The number of carbonyl (C=O) groups excluding carboxylic acids is 2. The van der Waals surface area contributed by atoms with E-state index in [0.29, 0.717) is 10.8 Å². The molecule has 30 heavy (non-hydrogen) atoms. The number of hydrogen-bond acceptors (Lipinski definition) is 6. The number of rotatable bonds is 8. The van der Waals surface area contributed by atoms with Crippen molar-refractivity contribution in [3.05, 3.63) is 42.5 Å². The van der Waals surface area contributed by atoms with Crippen LogP contribution in [-0.2, 0) is 19.6 Å². The van der Waals surface area contributed by atoms with E-state index in [4.69, 9.17) is 17.5 Å². The van der Waals surface area contributed by atoms with Gasteiger partial charge in [-0.25, -0.2) is 17.6 Å². The van der Waals surface area contributed by atoms with Crippen molar-refractivity contribution in [3.8, 4) is 0 Å². The van der Waals surface area contributed by atoms with E-state index in [1.807, 2.05) is 18.2 Å². The number of ketones is 1. The molecule has 2 unspecified atom stereocenters. The monoisotopic (exact) mass is 452 g/mol. The Morgan fingerprint density at radius 2 is 1.93 bits per heavy atom. The molecule has 162 valence electrons. The average molecular weight is 453 g/mol. The van der Waals surface area contributed by atoms with E-state index in [1.54, 1.807) is 12.1 Å². The molecular formula is C20H25ClN4O4S. The molecule has 4 N–H and O–H groups in total. The second kappa shape index (κ2) is 9.84. The molecule has 1 amide bonds. The Balaban J connectivity index is 1.65. The Labute approximate surface area is 180 Å². The predicted octanol–water partition coefficient (Wildman–Crippen LogP) is 1.14. The molecule has 2 aromatic rings. The van der Waals surface area contributed by atoms with Gasteiger partial charge in [0.15, 0.2) is 5.78 Å². The third-order valence-electron chi connectivity index (χ3n) is 5.16. The van der Waals surface area contributed by atoms with Gasteiger partial charge in [-0.2, -0.15) is 0 Å². The van der Waals surface area contributed by atoms with Crippen molar-refractivity contribution in [1.82, 2.24) is 14.5 Å². The quantitative estimate of drug-likeness (QED) is 0.516. The van der Waals surface area contributed by atoms with Crippen molar-refractivity contribution < 1.29 is 18.0 Å². The van der Waals surface area contributed by atoms with Gasteiger partial charge in [-0.1, -0.05) is 36.8 Å². The highest BCUT2D eigenvalue weighted by molar-refractivity contribution is 7.89. The second-order valence-corrected chi connectivity index (χ2v) is 9.33. The van der Waals surface area contributed by atoms with Crippen molar-refractivity contribution in [1.29, 1.82) is 0 Å². The van der Waals surface area contributed by atoms with Crippen molar-refractivity contribution in [2.75, 3.05) is 19.6 Å². The molecule has 1 aliphatic heterocycles. The predicted molar refractivity (Wildman–Crippen MR) is 115 cm³/mol. The van der Waals surface area contributed by atoms with Crippen LogP contribution in [0.2, 0.25) is 0 Å². The lowest BCUT2D eigenvalue weighted by Gasteiger charge is -2.29. The van der Waals surface area contributed by atoms with Crippen LogP contribution in [-0.4, -0.2) is 56.2 Å². The summed E-state index contributed by atoms with van der Waals surface area (Å²) in [6, 6.07) is 10.6. The van der Waals surface area contributed by atoms with Gasteiger partial charge in [-0.3, -0.25) is 9.59 Å². The first-order valence-corrected chi connectivity index (χ1v) is 11.6. The Morgan fingerprint density at radius 1 is 1.20 bits per heavy atom. The fourth-order valence-corrected chi connectivity index (χ4v) is 4.72. The molecule has 1 fully saturated rings. The normalized spacial score (nSPS) is 18.1. The maximum atomic E-state index is 12.7. The lowest BCUT2D eigenvalue weighted by atomic mass is 9.96. The first-order valence-electron chi connectivity index (χ1n) is 9.77. The van der Waals surface area contributed by atoms with Crippen LogP contribution in [0.5, 0.6) is 0 Å². The molecule has 3 rings (SSSR count). The summed E-state index contributed by atoms with van der Waals surface area (Å²) in [4.78, 5) is 25.2. The van der Waals surface area contributed by atoms with E-state index >= 15 is 0 Å². The van der Waals surface area contributed by atoms with Crippen molar-refractivity contribution in [3.63, 3.8) is 0 Å². The van der Waals surface area contributed by atoms with Gasteiger partial charge in [0.2, 0.25) is 10.0 Å². The first kappa shape index (κ1) is 22.6. The molecule has 2 atom stereocenters. The number of fused-ring (bicyclic) bond motifs is 1. The molecule has 0 bridgehead atoms. The topological polar surface area (TPSA) is 122 Å². The maximum Gasteiger partial charge on any atom is 0.252 e. The van der Waals surface area contributed by atoms with E-state index < -0.39 is 34.6 Å². The number of halogens is 1. The van der Waals surface area contributed by atoms with Crippen LogP contribution in [0, 0.1) is 0 Å². The molecule has 10 heteroatoms. The summed E-state index contributed by atoms with van der Waals surface area (Å²) in [6.07, 6.45) is 2.54. The van der Waals surface area contributed by atoms with Crippen LogP contribution in [0.1, 0.15) is 19.3 Å². The minimum absolute atomic E-state index is 0.0352. The minimum Gasteiger partial charge on any atom is -0.328 e. The van der Waals surface area contributed by atoms with Gasteiger partial charge in [0.05, 0.1) is 17.5 Å². The molecular weight excluding hydrogens is 428 g/mol. The number of Topliss-reactive ketones (excluding diaryl/α,β-unsaturated/α-hetero) is 1. The SMILES string of the molecule is NCC(C(=O)C1CCCCN1)N(Cl)C(=O)CNS(=O)(=O)c1ccc2ccccc2c1. The first-order chi connectivity index (χ1) is 14.3. The Morgan fingerprint density at radius 3 is 2.60 bits per heavy atom. The summed E-state index contributed by atoms with van der Waals surface area (Å²) in [7, 11) is -3.94.